The minimum Gasteiger partial charge on any atom is -0.329 e. The average molecular weight is 224 g/mol. The topological polar surface area (TPSA) is 29.3 Å². The van der Waals surface area contributed by atoms with E-state index in [0.717, 1.165) is 18.4 Å². The van der Waals surface area contributed by atoms with Crippen LogP contribution in [0, 0.1) is 11.8 Å². The first-order valence-electron chi connectivity index (χ1n) is 7.13. The van der Waals surface area contributed by atoms with Crippen LogP contribution < -0.4 is 5.73 Å². The minimum atomic E-state index is 0.354. The summed E-state index contributed by atoms with van der Waals surface area (Å²) in [6, 6.07) is 0. The molecule has 1 saturated heterocycles. The van der Waals surface area contributed by atoms with Crippen LogP contribution in [0.15, 0.2) is 0 Å². The van der Waals surface area contributed by atoms with Gasteiger partial charge in [-0.05, 0) is 57.0 Å². The predicted octanol–water partition coefficient (Wildman–Crippen LogP) is 2.63. The molecule has 3 unspecified atom stereocenters. The van der Waals surface area contributed by atoms with Crippen LogP contribution in [0.2, 0.25) is 0 Å². The van der Waals surface area contributed by atoms with Crippen molar-refractivity contribution in [1.29, 1.82) is 0 Å². The molecule has 2 aliphatic rings. The Labute approximate surface area is 101 Å². The molecule has 2 rings (SSSR count). The number of nitrogens with two attached hydrogens (primary N) is 1. The highest BCUT2D eigenvalue weighted by Crippen LogP contribution is 2.40. The molecular formula is C14H28N2. The largest absolute Gasteiger partial charge is 0.329 e. The Kier molecular flexibility index (Phi) is 3.91. The van der Waals surface area contributed by atoms with Crippen molar-refractivity contribution in [3.8, 4) is 0 Å². The zero-order valence-electron chi connectivity index (χ0n) is 11.0. The Bertz CT molecular complexity index is 223. The quantitative estimate of drug-likeness (QED) is 0.781. The Morgan fingerprint density at radius 3 is 2.38 bits per heavy atom. The van der Waals surface area contributed by atoms with Gasteiger partial charge in [0.1, 0.15) is 0 Å². The lowest BCUT2D eigenvalue weighted by molar-refractivity contribution is 0.00880. The van der Waals surface area contributed by atoms with Crippen molar-refractivity contribution in [3.63, 3.8) is 0 Å². The van der Waals surface area contributed by atoms with Gasteiger partial charge >= 0.3 is 0 Å². The minimum absolute atomic E-state index is 0.354. The van der Waals surface area contributed by atoms with Gasteiger partial charge in [-0.3, -0.25) is 4.90 Å². The zero-order valence-corrected chi connectivity index (χ0v) is 11.0. The predicted molar refractivity (Wildman–Crippen MR) is 69.4 cm³/mol. The Morgan fingerprint density at radius 2 is 1.81 bits per heavy atom. The van der Waals surface area contributed by atoms with Gasteiger partial charge in [-0.25, -0.2) is 0 Å². The third kappa shape index (κ3) is 2.28. The second kappa shape index (κ2) is 5.05. The fraction of sp³-hybridized carbons (Fsp3) is 1.00. The summed E-state index contributed by atoms with van der Waals surface area (Å²) >= 11 is 0. The third-order valence-electron chi connectivity index (χ3n) is 5.15. The van der Waals surface area contributed by atoms with E-state index in [1.807, 2.05) is 0 Å². The summed E-state index contributed by atoms with van der Waals surface area (Å²) in [5, 5.41) is 0. The van der Waals surface area contributed by atoms with Crippen LogP contribution in [0.5, 0.6) is 0 Å². The number of hydrogen-bond acceptors (Lipinski definition) is 2. The first-order valence-corrected chi connectivity index (χ1v) is 7.13. The Hall–Kier alpha value is -0.0800. The summed E-state index contributed by atoms with van der Waals surface area (Å²) < 4.78 is 0. The van der Waals surface area contributed by atoms with Crippen LogP contribution >= 0.6 is 0 Å². The highest BCUT2D eigenvalue weighted by Gasteiger charge is 2.41. The van der Waals surface area contributed by atoms with E-state index >= 15 is 0 Å². The maximum Gasteiger partial charge on any atom is 0.0334 e. The second-order valence-electron chi connectivity index (χ2n) is 6.17. The molecule has 16 heavy (non-hydrogen) atoms. The summed E-state index contributed by atoms with van der Waals surface area (Å²) in [5.41, 5.74) is 6.49. The van der Waals surface area contributed by atoms with E-state index in [2.05, 4.69) is 18.7 Å². The molecule has 2 fully saturated rings. The maximum atomic E-state index is 6.14. The molecule has 1 heterocycles. The van der Waals surface area contributed by atoms with Crippen molar-refractivity contribution in [1.82, 2.24) is 4.90 Å². The van der Waals surface area contributed by atoms with E-state index in [1.165, 1.54) is 51.6 Å². The van der Waals surface area contributed by atoms with Gasteiger partial charge in [-0.1, -0.05) is 20.3 Å². The molecular weight excluding hydrogens is 196 g/mol. The second-order valence-corrected chi connectivity index (χ2v) is 6.17. The number of piperidine rings is 1. The SMILES string of the molecule is CC1CCC(CN)(N2CCCCC2)CC1C. The van der Waals surface area contributed by atoms with Crippen molar-refractivity contribution < 1.29 is 0 Å². The average Bonchev–Trinajstić information content (AvgIpc) is 2.34. The molecule has 1 aliphatic carbocycles. The molecule has 0 aromatic heterocycles. The van der Waals surface area contributed by atoms with E-state index in [9.17, 15) is 0 Å². The lowest BCUT2D eigenvalue weighted by atomic mass is 9.70. The highest BCUT2D eigenvalue weighted by molar-refractivity contribution is 4.98. The summed E-state index contributed by atoms with van der Waals surface area (Å²) in [4.78, 5) is 2.72. The van der Waals surface area contributed by atoms with Crippen LogP contribution in [0.3, 0.4) is 0 Å². The first kappa shape index (κ1) is 12.4. The van der Waals surface area contributed by atoms with Gasteiger partial charge in [-0.2, -0.15) is 0 Å². The molecule has 0 bridgehead atoms. The number of nitrogens with zero attached hydrogens (tertiary/aromatic N) is 1. The summed E-state index contributed by atoms with van der Waals surface area (Å²) in [5.74, 6) is 1.74. The van der Waals surface area contributed by atoms with E-state index in [1.54, 1.807) is 0 Å². The van der Waals surface area contributed by atoms with Gasteiger partial charge < -0.3 is 5.73 Å². The van der Waals surface area contributed by atoms with E-state index in [-0.39, 0.29) is 0 Å². The van der Waals surface area contributed by atoms with Crippen LogP contribution in [0.4, 0.5) is 0 Å². The van der Waals surface area contributed by atoms with Crippen LogP contribution in [-0.4, -0.2) is 30.1 Å². The molecule has 0 aromatic carbocycles. The molecule has 2 heteroatoms. The van der Waals surface area contributed by atoms with Gasteiger partial charge in [0.05, 0.1) is 0 Å². The monoisotopic (exact) mass is 224 g/mol. The van der Waals surface area contributed by atoms with Crippen molar-refractivity contribution in [2.75, 3.05) is 19.6 Å². The molecule has 2 N–H and O–H groups in total. The smallest absolute Gasteiger partial charge is 0.0334 e. The van der Waals surface area contributed by atoms with Gasteiger partial charge in [0.25, 0.3) is 0 Å². The number of hydrogen-bond donors (Lipinski definition) is 1. The molecule has 1 aliphatic heterocycles. The van der Waals surface area contributed by atoms with Gasteiger partial charge in [0.2, 0.25) is 0 Å². The Balaban J connectivity index is 2.06. The normalized spacial score (nSPS) is 42.2. The summed E-state index contributed by atoms with van der Waals surface area (Å²) in [7, 11) is 0. The lowest BCUT2D eigenvalue weighted by Crippen LogP contribution is -2.58. The maximum absolute atomic E-state index is 6.14. The molecule has 3 atom stereocenters. The lowest BCUT2D eigenvalue weighted by Gasteiger charge is -2.50. The zero-order chi connectivity index (χ0) is 11.6. The highest BCUT2D eigenvalue weighted by atomic mass is 15.2. The van der Waals surface area contributed by atoms with Crippen LogP contribution in [0.25, 0.3) is 0 Å². The van der Waals surface area contributed by atoms with Crippen LogP contribution in [-0.2, 0) is 0 Å². The van der Waals surface area contributed by atoms with Crippen molar-refractivity contribution in [2.24, 2.45) is 17.6 Å². The number of rotatable bonds is 2. The molecule has 0 radical (unpaired) electrons. The van der Waals surface area contributed by atoms with Gasteiger partial charge in [0.15, 0.2) is 0 Å². The van der Waals surface area contributed by atoms with Gasteiger partial charge in [0, 0.05) is 12.1 Å². The summed E-state index contributed by atoms with van der Waals surface area (Å²) in [6.07, 6.45) is 8.20. The number of likely N-dealkylation sites (tertiary alicyclic amines) is 1. The molecule has 94 valence electrons. The molecule has 2 nitrogen and oxygen atoms in total. The van der Waals surface area contributed by atoms with Gasteiger partial charge in [-0.15, -0.1) is 0 Å². The standard InChI is InChI=1S/C14H28N2/c1-12-6-7-14(11-15,10-13(12)2)16-8-4-3-5-9-16/h12-13H,3-11,15H2,1-2H3. The first-order chi connectivity index (χ1) is 7.68. The molecule has 1 saturated carbocycles. The molecule has 0 spiro atoms. The fourth-order valence-corrected chi connectivity index (χ4v) is 3.65. The van der Waals surface area contributed by atoms with E-state index < -0.39 is 0 Å². The molecule has 0 aromatic rings. The van der Waals surface area contributed by atoms with E-state index in [4.69, 9.17) is 5.73 Å². The van der Waals surface area contributed by atoms with Crippen molar-refractivity contribution in [2.45, 2.75) is 57.9 Å². The van der Waals surface area contributed by atoms with Crippen molar-refractivity contribution in [3.05, 3.63) is 0 Å². The van der Waals surface area contributed by atoms with Crippen molar-refractivity contribution >= 4 is 0 Å². The third-order valence-corrected chi connectivity index (χ3v) is 5.15. The fourth-order valence-electron chi connectivity index (χ4n) is 3.65. The van der Waals surface area contributed by atoms with Crippen LogP contribution in [0.1, 0.15) is 52.4 Å². The molecule has 0 amide bonds. The Morgan fingerprint density at radius 1 is 1.12 bits per heavy atom. The summed E-state index contributed by atoms with van der Waals surface area (Å²) in [6.45, 7) is 8.26. The van der Waals surface area contributed by atoms with E-state index in [0.29, 0.717) is 5.54 Å².